The van der Waals surface area contributed by atoms with Gasteiger partial charge in [0.2, 0.25) is 0 Å². The van der Waals surface area contributed by atoms with Crippen molar-refractivity contribution in [1.82, 2.24) is 9.88 Å². The molecule has 0 radical (unpaired) electrons. The molecule has 0 saturated carbocycles. The molecule has 0 bridgehead atoms. The summed E-state index contributed by atoms with van der Waals surface area (Å²) in [6.45, 7) is 11.9. The zero-order valence-electron chi connectivity index (χ0n) is 11.6. The summed E-state index contributed by atoms with van der Waals surface area (Å²) < 4.78 is 0. The van der Waals surface area contributed by atoms with Crippen LogP contribution < -0.4 is 5.73 Å². The molecule has 2 N–H and O–H groups in total. The van der Waals surface area contributed by atoms with Crippen LogP contribution in [0.2, 0.25) is 0 Å². The number of hydrogen-bond donors (Lipinski definition) is 1. The normalized spacial score (nSPS) is 25.2. The van der Waals surface area contributed by atoms with Gasteiger partial charge in [-0.1, -0.05) is 27.7 Å². The summed E-state index contributed by atoms with van der Waals surface area (Å²) in [6.07, 6.45) is 0. The van der Waals surface area contributed by atoms with Gasteiger partial charge in [0, 0.05) is 29.9 Å². The Morgan fingerprint density at radius 1 is 1.44 bits per heavy atom. The Bertz CT molecular complexity index is 376. The molecular formula is C13H24ClN3S. The van der Waals surface area contributed by atoms with Crippen molar-refractivity contribution in [2.75, 3.05) is 13.1 Å². The minimum atomic E-state index is 0. The second-order valence-corrected chi connectivity index (χ2v) is 7.15. The minimum Gasteiger partial charge on any atom is -0.326 e. The summed E-state index contributed by atoms with van der Waals surface area (Å²) >= 11 is 1.77. The van der Waals surface area contributed by atoms with Gasteiger partial charge in [-0.3, -0.25) is 4.90 Å². The van der Waals surface area contributed by atoms with Crippen LogP contribution in [0.3, 0.4) is 0 Å². The van der Waals surface area contributed by atoms with Gasteiger partial charge in [0.05, 0.1) is 12.2 Å². The van der Waals surface area contributed by atoms with Crippen LogP contribution in [-0.4, -0.2) is 29.0 Å². The predicted molar refractivity (Wildman–Crippen MR) is 80.5 cm³/mol. The van der Waals surface area contributed by atoms with Crippen LogP contribution in [-0.2, 0) is 12.0 Å². The van der Waals surface area contributed by atoms with E-state index in [2.05, 4.69) is 38.0 Å². The maximum absolute atomic E-state index is 6.04. The summed E-state index contributed by atoms with van der Waals surface area (Å²) in [4.78, 5) is 7.15. The molecule has 0 spiro atoms. The summed E-state index contributed by atoms with van der Waals surface area (Å²) in [5.74, 6) is 0.608. The average Bonchev–Trinajstić information content (AvgIpc) is 2.75. The number of rotatable bonds is 2. The monoisotopic (exact) mass is 289 g/mol. The van der Waals surface area contributed by atoms with E-state index in [1.165, 1.54) is 10.7 Å². The first kappa shape index (κ1) is 15.9. The number of aromatic nitrogens is 1. The number of nitrogens with two attached hydrogens (primary N) is 1. The molecule has 1 aliphatic rings. The zero-order valence-corrected chi connectivity index (χ0v) is 13.3. The van der Waals surface area contributed by atoms with Crippen LogP contribution in [0.15, 0.2) is 5.38 Å². The predicted octanol–water partition coefficient (Wildman–Crippen LogP) is 2.64. The van der Waals surface area contributed by atoms with E-state index in [9.17, 15) is 0 Å². The molecule has 104 valence electrons. The van der Waals surface area contributed by atoms with E-state index in [0.717, 1.165) is 19.6 Å². The van der Waals surface area contributed by atoms with Gasteiger partial charge in [0.1, 0.15) is 5.01 Å². The summed E-state index contributed by atoms with van der Waals surface area (Å²) in [7, 11) is 0. The van der Waals surface area contributed by atoms with Gasteiger partial charge in [-0.05, 0) is 5.92 Å². The van der Waals surface area contributed by atoms with Crippen molar-refractivity contribution in [2.24, 2.45) is 11.7 Å². The summed E-state index contributed by atoms with van der Waals surface area (Å²) in [5.41, 5.74) is 7.40. The molecule has 3 nitrogen and oxygen atoms in total. The Morgan fingerprint density at radius 2 is 2.11 bits per heavy atom. The standard InChI is InChI=1S/C13H23N3S.ClH/c1-9-5-16(6-10(9)14)7-12-15-11(8-17-12)13(2,3)4;/h8-10H,5-7,14H2,1-4H3;1H. The molecule has 2 rings (SSSR count). The topological polar surface area (TPSA) is 42.2 Å². The van der Waals surface area contributed by atoms with Crippen LogP contribution in [0.25, 0.3) is 0 Å². The number of thiazole rings is 1. The van der Waals surface area contributed by atoms with Crippen LogP contribution in [0.4, 0.5) is 0 Å². The molecule has 1 aromatic heterocycles. The molecular weight excluding hydrogens is 266 g/mol. The van der Waals surface area contributed by atoms with E-state index in [-0.39, 0.29) is 17.8 Å². The van der Waals surface area contributed by atoms with Crippen LogP contribution >= 0.6 is 23.7 Å². The average molecular weight is 290 g/mol. The van der Waals surface area contributed by atoms with Gasteiger partial charge in [0.25, 0.3) is 0 Å². The SMILES string of the molecule is CC1CN(Cc2nc(C(C)(C)C)cs2)CC1N.Cl. The molecule has 0 aromatic carbocycles. The fraction of sp³-hybridized carbons (Fsp3) is 0.769. The van der Waals surface area contributed by atoms with Gasteiger partial charge in [-0.15, -0.1) is 23.7 Å². The second-order valence-electron chi connectivity index (χ2n) is 6.21. The summed E-state index contributed by atoms with van der Waals surface area (Å²) in [6, 6.07) is 0.331. The van der Waals surface area contributed by atoms with Crippen LogP contribution in [0.5, 0.6) is 0 Å². The Hall–Kier alpha value is -0.160. The van der Waals surface area contributed by atoms with Crippen molar-refractivity contribution >= 4 is 23.7 Å². The lowest BCUT2D eigenvalue weighted by atomic mass is 9.93. The van der Waals surface area contributed by atoms with E-state index >= 15 is 0 Å². The van der Waals surface area contributed by atoms with Gasteiger partial charge in [-0.2, -0.15) is 0 Å². The molecule has 0 aliphatic carbocycles. The highest BCUT2D eigenvalue weighted by molar-refractivity contribution is 7.09. The van der Waals surface area contributed by atoms with Gasteiger partial charge < -0.3 is 5.73 Å². The highest BCUT2D eigenvalue weighted by Crippen LogP contribution is 2.25. The molecule has 2 heterocycles. The summed E-state index contributed by atoms with van der Waals surface area (Å²) in [5, 5.41) is 3.41. The maximum atomic E-state index is 6.04. The second kappa shape index (κ2) is 5.87. The van der Waals surface area contributed by atoms with E-state index in [1.54, 1.807) is 11.3 Å². The molecule has 0 amide bonds. The Kier molecular flexibility index (Phi) is 5.18. The number of likely N-dealkylation sites (tertiary alicyclic amines) is 1. The lowest BCUT2D eigenvalue weighted by molar-refractivity contribution is 0.318. The molecule has 1 aliphatic heterocycles. The first-order valence-corrected chi connectivity index (χ1v) is 7.17. The maximum Gasteiger partial charge on any atom is 0.107 e. The van der Waals surface area contributed by atoms with Gasteiger partial charge in [0.15, 0.2) is 0 Å². The van der Waals surface area contributed by atoms with Crippen molar-refractivity contribution in [3.8, 4) is 0 Å². The third-order valence-corrected chi connectivity index (χ3v) is 4.26. The van der Waals surface area contributed by atoms with Crippen LogP contribution in [0.1, 0.15) is 38.4 Å². The fourth-order valence-corrected chi connectivity index (χ4v) is 3.21. The molecule has 18 heavy (non-hydrogen) atoms. The third kappa shape index (κ3) is 3.67. The van der Waals surface area contributed by atoms with E-state index in [1.807, 2.05) is 0 Å². The molecule has 2 atom stereocenters. The largest absolute Gasteiger partial charge is 0.326 e. The molecule has 1 saturated heterocycles. The lowest BCUT2D eigenvalue weighted by Gasteiger charge is -2.15. The molecule has 5 heteroatoms. The van der Waals surface area contributed by atoms with Gasteiger partial charge >= 0.3 is 0 Å². The first-order valence-electron chi connectivity index (χ1n) is 6.29. The fourth-order valence-electron chi connectivity index (χ4n) is 2.14. The highest BCUT2D eigenvalue weighted by atomic mass is 35.5. The Labute approximate surface area is 120 Å². The van der Waals surface area contributed by atoms with E-state index in [4.69, 9.17) is 10.7 Å². The Balaban J connectivity index is 0.00000162. The first-order chi connectivity index (χ1) is 7.86. The third-order valence-electron chi connectivity index (χ3n) is 3.43. The molecule has 2 unspecified atom stereocenters. The van der Waals surface area contributed by atoms with E-state index in [0.29, 0.717) is 12.0 Å². The number of halogens is 1. The van der Waals surface area contributed by atoms with Crippen molar-refractivity contribution in [3.63, 3.8) is 0 Å². The molecule has 1 fully saturated rings. The molecule has 1 aromatic rings. The van der Waals surface area contributed by atoms with Crippen LogP contribution in [0, 0.1) is 5.92 Å². The Morgan fingerprint density at radius 3 is 2.56 bits per heavy atom. The van der Waals surface area contributed by atoms with Crippen molar-refractivity contribution in [1.29, 1.82) is 0 Å². The quantitative estimate of drug-likeness (QED) is 0.910. The highest BCUT2D eigenvalue weighted by Gasteiger charge is 2.27. The van der Waals surface area contributed by atoms with Crippen molar-refractivity contribution in [3.05, 3.63) is 16.1 Å². The zero-order chi connectivity index (χ0) is 12.6. The van der Waals surface area contributed by atoms with Gasteiger partial charge in [-0.25, -0.2) is 4.98 Å². The van der Waals surface area contributed by atoms with Crippen molar-refractivity contribution < 1.29 is 0 Å². The smallest absolute Gasteiger partial charge is 0.107 e. The van der Waals surface area contributed by atoms with Crippen molar-refractivity contribution in [2.45, 2.75) is 45.7 Å². The lowest BCUT2D eigenvalue weighted by Crippen LogP contribution is -2.28. The number of nitrogens with zero attached hydrogens (tertiary/aromatic N) is 2. The van der Waals surface area contributed by atoms with E-state index < -0.39 is 0 Å². The number of hydrogen-bond acceptors (Lipinski definition) is 4. The minimum absolute atomic E-state index is 0.